The second-order valence-corrected chi connectivity index (χ2v) is 6.48. The van der Waals surface area contributed by atoms with Crippen LogP contribution in [-0.2, 0) is 6.42 Å². The van der Waals surface area contributed by atoms with Gasteiger partial charge in [0.25, 0.3) is 0 Å². The van der Waals surface area contributed by atoms with Gasteiger partial charge in [0.1, 0.15) is 5.82 Å². The Hall–Kier alpha value is -3.00. The first kappa shape index (κ1) is 20.7. The van der Waals surface area contributed by atoms with Gasteiger partial charge in [-0.1, -0.05) is 17.7 Å². The van der Waals surface area contributed by atoms with Gasteiger partial charge in [-0.05, 0) is 41.5 Å². The van der Waals surface area contributed by atoms with Gasteiger partial charge in [-0.25, -0.2) is 9.37 Å². The molecule has 0 amide bonds. The number of halogens is 5. The number of aromatic nitrogens is 2. The number of carbonyl (C=O) groups excluding carboxylic acids is 1. The molecule has 0 N–H and O–H groups in total. The number of pyridine rings is 2. The maximum atomic E-state index is 13.5. The van der Waals surface area contributed by atoms with Gasteiger partial charge in [-0.3, -0.25) is 9.78 Å². The summed E-state index contributed by atoms with van der Waals surface area (Å²) in [7, 11) is 0. The molecule has 0 bridgehead atoms. The molecule has 0 atom stereocenters. The second-order valence-electron chi connectivity index (χ2n) is 6.07. The molecule has 0 saturated carbocycles. The Morgan fingerprint density at radius 3 is 2.59 bits per heavy atom. The van der Waals surface area contributed by atoms with E-state index in [2.05, 4.69) is 9.97 Å². The van der Waals surface area contributed by atoms with Crippen LogP contribution in [-0.4, -0.2) is 28.5 Å². The quantitative estimate of drug-likeness (QED) is 0.398. The first-order chi connectivity index (χ1) is 13.7. The van der Waals surface area contributed by atoms with Crippen molar-refractivity contribution in [1.29, 1.82) is 0 Å². The average molecular weight is 425 g/mol. The van der Waals surface area contributed by atoms with Crippen molar-refractivity contribution in [2.75, 3.05) is 6.61 Å². The van der Waals surface area contributed by atoms with Crippen molar-refractivity contribution in [3.05, 3.63) is 77.0 Å². The van der Waals surface area contributed by atoms with Gasteiger partial charge < -0.3 is 4.74 Å². The van der Waals surface area contributed by atoms with Crippen LogP contribution in [0.25, 0.3) is 11.1 Å². The molecule has 2 aromatic heterocycles. The van der Waals surface area contributed by atoms with E-state index in [0.29, 0.717) is 16.7 Å². The number of nitrogens with zero attached hydrogens (tertiary/aromatic N) is 2. The molecule has 3 rings (SSSR count). The van der Waals surface area contributed by atoms with Crippen molar-refractivity contribution in [3.8, 4) is 17.0 Å². The number of carbonyl (C=O) groups is 1. The van der Waals surface area contributed by atoms with Gasteiger partial charge in [-0.2, -0.15) is 13.2 Å². The van der Waals surface area contributed by atoms with E-state index in [1.54, 1.807) is 12.1 Å². The number of benzene rings is 1. The van der Waals surface area contributed by atoms with E-state index in [-0.39, 0.29) is 28.7 Å². The Morgan fingerprint density at radius 1 is 1.14 bits per heavy atom. The predicted molar refractivity (Wildman–Crippen MR) is 98.5 cm³/mol. The summed E-state index contributed by atoms with van der Waals surface area (Å²) >= 11 is 5.79. The number of alkyl halides is 3. The number of ketones is 1. The van der Waals surface area contributed by atoms with Crippen LogP contribution in [0.15, 0.2) is 55.0 Å². The summed E-state index contributed by atoms with van der Waals surface area (Å²) in [4.78, 5) is 20.2. The van der Waals surface area contributed by atoms with Gasteiger partial charge in [0.2, 0.25) is 5.88 Å². The van der Waals surface area contributed by atoms with Gasteiger partial charge in [0.05, 0.1) is 5.02 Å². The Bertz CT molecular complexity index is 1030. The van der Waals surface area contributed by atoms with Crippen molar-refractivity contribution in [2.24, 2.45) is 0 Å². The zero-order valence-electron chi connectivity index (χ0n) is 14.7. The molecule has 150 valence electrons. The fourth-order valence-corrected chi connectivity index (χ4v) is 2.72. The van der Waals surface area contributed by atoms with E-state index in [9.17, 15) is 22.4 Å². The Morgan fingerprint density at radius 2 is 1.93 bits per heavy atom. The minimum Gasteiger partial charge on any atom is -0.468 e. The molecule has 0 unspecified atom stereocenters. The summed E-state index contributed by atoms with van der Waals surface area (Å²) in [5.74, 6) is -1.22. The minimum atomic E-state index is -4.56. The van der Waals surface area contributed by atoms with Crippen LogP contribution in [0.2, 0.25) is 5.02 Å². The monoisotopic (exact) mass is 424 g/mol. The van der Waals surface area contributed by atoms with Crippen molar-refractivity contribution in [3.63, 3.8) is 0 Å². The Kier molecular flexibility index (Phi) is 6.12. The molecule has 0 fully saturated rings. The van der Waals surface area contributed by atoms with Crippen molar-refractivity contribution >= 4 is 17.4 Å². The lowest BCUT2D eigenvalue weighted by Crippen LogP contribution is -2.20. The van der Waals surface area contributed by atoms with E-state index >= 15 is 0 Å². The number of hydrogen-bond donors (Lipinski definition) is 0. The molecule has 9 heteroatoms. The first-order valence-corrected chi connectivity index (χ1v) is 8.68. The molecule has 0 spiro atoms. The van der Waals surface area contributed by atoms with Crippen LogP contribution >= 0.6 is 11.6 Å². The van der Waals surface area contributed by atoms with Gasteiger partial charge in [0.15, 0.2) is 12.4 Å². The van der Waals surface area contributed by atoms with Crippen LogP contribution in [0.3, 0.4) is 0 Å². The average Bonchev–Trinajstić information content (AvgIpc) is 2.69. The highest BCUT2D eigenvalue weighted by molar-refractivity contribution is 6.31. The highest BCUT2D eigenvalue weighted by Crippen LogP contribution is 2.33. The van der Waals surface area contributed by atoms with Crippen LogP contribution in [0.1, 0.15) is 15.9 Å². The molecule has 0 aliphatic heterocycles. The SMILES string of the molecule is O=C(Cc1cnc(OCC(F)(F)F)c(-c2ccc(F)c(Cl)c2)c1)c1cccnc1. The first-order valence-electron chi connectivity index (χ1n) is 8.30. The van der Waals surface area contributed by atoms with E-state index < -0.39 is 18.6 Å². The zero-order chi connectivity index (χ0) is 21.0. The normalized spacial score (nSPS) is 11.3. The maximum absolute atomic E-state index is 13.5. The molecule has 4 nitrogen and oxygen atoms in total. The molecule has 0 aliphatic carbocycles. The molecule has 2 heterocycles. The van der Waals surface area contributed by atoms with E-state index in [4.69, 9.17) is 16.3 Å². The highest BCUT2D eigenvalue weighted by Gasteiger charge is 2.29. The number of hydrogen-bond acceptors (Lipinski definition) is 4. The number of rotatable bonds is 6. The van der Waals surface area contributed by atoms with Gasteiger partial charge in [-0.15, -0.1) is 0 Å². The fraction of sp³-hybridized carbons (Fsp3) is 0.150. The topological polar surface area (TPSA) is 52.1 Å². The smallest absolute Gasteiger partial charge is 0.422 e. The van der Waals surface area contributed by atoms with Gasteiger partial charge >= 0.3 is 6.18 Å². The fourth-order valence-electron chi connectivity index (χ4n) is 2.54. The second kappa shape index (κ2) is 8.57. The van der Waals surface area contributed by atoms with Crippen molar-refractivity contribution < 1.29 is 27.1 Å². The summed E-state index contributed by atoms with van der Waals surface area (Å²) in [5.41, 5.74) is 1.29. The van der Waals surface area contributed by atoms with Gasteiger partial charge in [0, 0.05) is 36.1 Å². The minimum absolute atomic E-state index is 0.0554. The largest absolute Gasteiger partial charge is 0.468 e. The lowest BCUT2D eigenvalue weighted by Gasteiger charge is -2.14. The van der Waals surface area contributed by atoms with Crippen molar-refractivity contribution in [1.82, 2.24) is 9.97 Å². The molecule has 0 saturated heterocycles. The van der Waals surface area contributed by atoms with Crippen LogP contribution in [0, 0.1) is 5.82 Å². The molecule has 1 aromatic carbocycles. The third kappa shape index (κ3) is 5.51. The molecule has 3 aromatic rings. The lowest BCUT2D eigenvalue weighted by atomic mass is 10.0. The predicted octanol–water partition coefficient (Wildman–Crippen LogP) is 5.30. The van der Waals surface area contributed by atoms with Crippen LogP contribution in [0.4, 0.5) is 17.6 Å². The van der Waals surface area contributed by atoms with Crippen LogP contribution < -0.4 is 4.74 Å². The molecular formula is C20H13ClF4N2O2. The van der Waals surface area contributed by atoms with E-state index in [0.717, 1.165) is 6.07 Å². The molecular weight excluding hydrogens is 412 g/mol. The number of ether oxygens (including phenoxy) is 1. The Labute approximate surface area is 168 Å². The summed E-state index contributed by atoms with van der Waals surface area (Å²) < 4.78 is 56.0. The van der Waals surface area contributed by atoms with E-state index in [1.807, 2.05) is 0 Å². The summed E-state index contributed by atoms with van der Waals surface area (Å²) in [5, 5.41) is -0.207. The standard InChI is InChI=1S/C20H13ClF4N2O2/c21-16-8-13(3-4-17(16)22)15-6-12(7-18(28)14-2-1-5-26-10-14)9-27-19(15)29-11-20(23,24)25/h1-6,8-10H,7,11H2. The molecule has 0 aliphatic rings. The zero-order valence-corrected chi connectivity index (χ0v) is 15.5. The Balaban J connectivity index is 1.95. The van der Waals surface area contributed by atoms with Crippen LogP contribution in [0.5, 0.6) is 5.88 Å². The van der Waals surface area contributed by atoms with Crippen molar-refractivity contribution in [2.45, 2.75) is 12.6 Å². The molecule has 29 heavy (non-hydrogen) atoms. The maximum Gasteiger partial charge on any atom is 0.422 e. The summed E-state index contributed by atoms with van der Waals surface area (Å²) in [6, 6.07) is 8.36. The molecule has 0 radical (unpaired) electrons. The third-order valence-corrected chi connectivity index (χ3v) is 4.15. The number of Topliss-reactive ketones (excluding diaryl/α,β-unsaturated/α-hetero) is 1. The third-order valence-electron chi connectivity index (χ3n) is 3.86. The summed E-state index contributed by atoms with van der Waals surface area (Å²) in [6.07, 6.45) is -0.415. The summed E-state index contributed by atoms with van der Waals surface area (Å²) in [6.45, 7) is -1.55. The van der Waals surface area contributed by atoms with E-state index in [1.165, 1.54) is 36.8 Å². The highest BCUT2D eigenvalue weighted by atomic mass is 35.5. The lowest BCUT2D eigenvalue weighted by molar-refractivity contribution is -0.154.